The van der Waals surface area contributed by atoms with Gasteiger partial charge in [-0.05, 0) is 37.3 Å². The minimum absolute atomic E-state index is 0.0789. The van der Waals surface area contributed by atoms with E-state index in [0.29, 0.717) is 25.2 Å². The van der Waals surface area contributed by atoms with Gasteiger partial charge in [-0.2, -0.15) is 4.31 Å². The predicted octanol–water partition coefficient (Wildman–Crippen LogP) is 1.22. The fraction of sp³-hybridized carbons (Fsp3) is 0.650. The summed E-state index contributed by atoms with van der Waals surface area (Å²) in [6, 6.07) is 3.30. The minimum Gasteiger partial charge on any atom is -0.345 e. The zero-order valence-electron chi connectivity index (χ0n) is 16.6. The summed E-state index contributed by atoms with van der Waals surface area (Å²) in [7, 11) is -3.84. The molecule has 0 radical (unpaired) electrons. The van der Waals surface area contributed by atoms with E-state index in [2.05, 4.69) is 10.3 Å². The van der Waals surface area contributed by atoms with Crippen LogP contribution >= 0.6 is 0 Å². The number of carbonyl (C=O) groups is 2. The lowest BCUT2D eigenvalue weighted by atomic mass is 9.85. The van der Waals surface area contributed by atoms with Gasteiger partial charge in [0.25, 0.3) is 10.0 Å². The summed E-state index contributed by atoms with van der Waals surface area (Å²) in [6.45, 7) is -0.0626. The van der Waals surface area contributed by atoms with Crippen molar-refractivity contribution in [1.82, 2.24) is 14.6 Å². The molecule has 0 spiro atoms. The number of Topliss-reactive ketones (excluding diaryl/α,β-unsaturated/α-hetero) is 1. The van der Waals surface area contributed by atoms with E-state index in [9.17, 15) is 18.0 Å². The van der Waals surface area contributed by atoms with Gasteiger partial charge in [0.05, 0.1) is 18.6 Å². The molecule has 1 saturated heterocycles. The van der Waals surface area contributed by atoms with Gasteiger partial charge in [0.2, 0.25) is 5.91 Å². The molecule has 0 unspecified atom stereocenters. The molecular weight excluding hydrogens is 392 g/mol. The molecular formula is C20H30N4O4S. The van der Waals surface area contributed by atoms with Crippen LogP contribution in [0, 0.1) is 5.92 Å². The van der Waals surface area contributed by atoms with E-state index < -0.39 is 22.1 Å². The van der Waals surface area contributed by atoms with Gasteiger partial charge in [0.1, 0.15) is 0 Å². The number of ketones is 1. The van der Waals surface area contributed by atoms with E-state index in [1.54, 1.807) is 12.1 Å². The molecule has 2 atom stereocenters. The fourth-order valence-electron chi connectivity index (χ4n) is 4.15. The highest BCUT2D eigenvalue weighted by molar-refractivity contribution is 7.89. The molecule has 8 nitrogen and oxygen atoms in total. The number of hydrogen-bond acceptors (Lipinski definition) is 6. The fourth-order valence-corrected chi connectivity index (χ4v) is 5.53. The normalized spacial score (nSPS) is 23.3. The number of rotatable bonds is 6. The largest absolute Gasteiger partial charge is 0.345 e. The standard InChI is InChI=1S/C20H30N4O4S/c21-16(13-15-7-2-1-3-8-15)20(26)23-17-9-6-12-24(14-18(17)25)29(27,28)19-10-4-5-11-22-19/h4-5,10-11,15-17H,1-3,6-9,12-14,21H2,(H,23,26)/t16-,17+/m0/s1. The van der Waals surface area contributed by atoms with Crippen LogP contribution in [-0.4, -0.2) is 54.6 Å². The van der Waals surface area contributed by atoms with Crippen LogP contribution in [0.5, 0.6) is 0 Å². The second kappa shape index (κ2) is 9.77. The van der Waals surface area contributed by atoms with E-state index in [1.807, 2.05) is 0 Å². The van der Waals surface area contributed by atoms with Crippen LogP contribution in [-0.2, 0) is 19.6 Å². The Labute approximate surface area is 172 Å². The van der Waals surface area contributed by atoms with Crippen LogP contribution in [0.4, 0.5) is 0 Å². The average Bonchev–Trinajstić information content (AvgIpc) is 2.91. The number of pyridine rings is 1. The summed E-state index contributed by atoms with van der Waals surface area (Å²) >= 11 is 0. The van der Waals surface area contributed by atoms with E-state index in [-0.39, 0.29) is 29.8 Å². The maximum Gasteiger partial charge on any atom is 0.260 e. The smallest absolute Gasteiger partial charge is 0.260 e. The molecule has 9 heteroatoms. The molecule has 1 aromatic rings. The first-order valence-corrected chi connectivity index (χ1v) is 11.8. The lowest BCUT2D eigenvalue weighted by Crippen LogP contribution is -2.50. The second-order valence-corrected chi connectivity index (χ2v) is 9.91. The molecule has 1 amide bonds. The van der Waals surface area contributed by atoms with Crippen molar-refractivity contribution in [3.63, 3.8) is 0 Å². The number of sulfonamides is 1. The summed E-state index contributed by atoms with van der Waals surface area (Å²) in [5, 5.41) is 2.68. The molecule has 2 heterocycles. The molecule has 2 fully saturated rings. The van der Waals surface area contributed by atoms with Crippen LogP contribution in [0.1, 0.15) is 51.4 Å². The lowest BCUT2D eigenvalue weighted by Gasteiger charge is -2.25. The molecule has 1 aliphatic heterocycles. The van der Waals surface area contributed by atoms with Gasteiger partial charge in [0, 0.05) is 12.7 Å². The van der Waals surface area contributed by atoms with E-state index in [0.717, 1.165) is 17.1 Å². The van der Waals surface area contributed by atoms with Gasteiger partial charge >= 0.3 is 0 Å². The Kier molecular flexibility index (Phi) is 7.37. The number of carbonyl (C=O) groups excluding carboxylic acids is 2. The number of nitrogens with one attached hydrogen (secondary N) is 1. The summed E-state index contributed by atoms with van der Waals surface area (Å²) < 4.78 is 26.6. The molecule has 1 aromatic heterocycles. The van der Waals surface area contributed by atoms with Crippen molar-refractivity contribution in [3.05, 3.63) is 24.4 Å². The quantitative estimate of drug-likeness (QED) is 0.711. The number of nitrogens with two attached hydrogens (primary N) is 1. The number of aromatic nitrogens is 1. The minimum atomic E-state index is -3.84. The van der Waals surface area contributed by atoms with Crippen molar-refractivity contribution in [1.29, 1.82) is 0 Å². The molecule has 1 saturated carbocycles. The van der Waals surface area contributed by atoms with E-state index in [1.165, 1.54) is 31.5 Å². The Balaban J connectivity index is 1.58. The number of hydrogen-bond donors (Lipinski definition) is 2. The van der Waals surface area contributed by atoms with Gasteiger partial charge in [-0.25, -0.2) is 13.4 Å². The Hall–Kier alpha value is -1.84. The highest BCUT2D eigenvalue weighted by atomic mass is 32.2. The number of amides is 1. The van der Waals surface area contributed by atoms with Crippen LogP contribution in [0.15, 0.2) is 29.4 Å². The highest BCUT2D eigenvalue weighted by Gasteiger charge is 2.34. The third kappa shape index (κ3) is 5.61. The first-order chi connectivity index (χ1) is 13.9. The first-order valence-electron chi connectivity index (χ1n) is 10.4. The zero-order chi connectivity index (χ0) is 20.9. The van der Waals surface area contributed by atoms with Gasteiger partial charge < -0.3 is 11.1 Å². The van der Waals surface area contributed by atoms with Gasteiger partial charge in [-0.1, -0.05) is 38.2 Å². The average molecular weight is 423 g/mol. The molecule has 3 rings (SSSR count). The van der Waals surface area contributed by atoms with Crippen molar-refractivity contribution in [3.8, 4) is 0 Å². The Morgan fingerprint density at radius 1 is 1.21 bits per heavy atom. The Morgan fingerprint density at radius 3 is 2.66 bits per heavy atom. The highest BCUT2D eigenvalue weighted by Crippen LogP contribution is 2.27. The van der Waals surface area contributed by atoms with Crippen LogP contribution in [0.3, 0.4) is 0 Å². The predicted molar refractivity (Wildman–Crippen MR) is 108 cm³/mol. The third-order valence-corrected chi connectivity index (χ3v) is 7.59. The zero-order valence-corrected chi connectivity index (χ0v) is 17.4. The van der Waals surface area contributed by atoms with Crippen LogP contribution in [0.2, 0.25) is 0 Å². The summed E-state index contributed by atoms with van der Waals surface area (Å²) in [6.07, 6.45) is 8.72. The molecule has 0 aromatic carbocycles. The molecule has 2 aliphatic rings. The molecule has 29 heavy (non-hydrogen) atoms. The first kappa shape index (κ1) is 21.9. The van der Waals surface area contributed by atoms with Crippen molar-refractivity contribution >= 4 is 21.7 Å². The van der Waals surface area contributed by atoms with E-state index >= 15 is 0 Å². The molecule has 3 N–H and O–H groups in total. The van der Waals surface area contributed by atoms with Crippen molar-refractivity contribution < 1.29 is 18.0 Å². The van der Waals surface area contributed by atoms with Gasteiger partial charge in [0.15, 0.2) is 10.8 Å². The van der Waals surface area contributed by atoms with Gasteiger partial charge in [-0.15, -0.1) is 0 Å². The lowest BCUT2D eigenvalue weighted by molar-refractivity contribution is -0.128. The van der Waals surface area contributed by atoms with Crippen molar-refractivity contribution in [2.75, 3.05) is 13.1 Å². The number of nitrogens with zero attached hydrogens (tertiary/aromatic N) is 2. The van der Waals surface area contributed by atoms with Crippen molar-refractivity contribution in [2.24, 2.45) is 11.7 Å². The maximum atomic E-state index is 12.7. The van der Waals surface area contributed by atoms with Crippen molar-refractivity contribution in [2.45, 2.75) is 68.5 Å². The van der Waals surface area contributed by atoms with Crippen LogP contribution < -0.4 is 11.1 Å². The molecule has 0 bridgehead atoms. The van der Waals surface area contributed by atoms with E-state index in [4.69, 9.17) is 5.73 Å². The Morgan fingerprint density at radius 2 is 1.97 bits per heavy atom. The summed E-state index contributed by atoms with van der Waals surface area (Å²) in [4.78, 5) is 29.1. The Bertz CT molecular complexity index is 809. The maximum absolute atomic E-state index is 12.7. The summed E-state index contributed by atoms with van der Waals surface area (Å²) in [5.74, 6) is -0.177. The molecule has 1 aliphatic carbocycles. The second-order valence-electron chi connectivity index (χ2n) is 8.02. The summed E-state index contributed by atoms with van der Waals surface area (Å²) in [5.41, 5.74) is 6.08. The van der Waals surface area contributed by atoms with Gasteiger partial charge in [-0.3, -0.25) is 9.59 Å². The third-order valence-electron chi connectivity index (χ3n) is 5.83. The topological polar surface area (TPSA) is 122 Å². The molecule has 160 valence electrons. The SMILES string of the molecule is N[C@@H](CC1CCCCC1)C(=O)N[C@@H]1CCCN(S(=O)(=O)c2ccccn2)CC1=O. The van der Waals surface area contributed by atoms with Crippen LogP contribution in [0.25, 0.3) is 0 Å². The monoisotopic (exact) mass is 422 g/mol.